The molecule has 4 heteroatoms. The predicted molar refractivity (Wildman–Crippen MR) is 64.7 cm³/mol. The first kappa shape index (κ1) is 12.7. The molecule has 0 saturated heterocycles. The van der Waals surface area contributed by atoms with E-state index >= 15 is 0 Å². The Kier molecular flexibility index (Phi) is 4.95. The van der Waals surface area contributed by atoms with Crippen molar-refractivity contribution < 1.29 is 4.79 Å². The number of nitrogens with zero attached hydrogens (tertiary/aromatic N) is 1. The molecule has 0 aliphatic heterocycles. The minimum atomic E-state index is -0.234. The van der Waals surface area contributed by atoms with Gasteiger partial charge < -0.3 is 0 Å². The van der Waals surface area contributed by atoms with E-state index in [0.29, 0.717) is 5.56 Å². The molecule has 0 aliphatic carbocycles. The van der Waals surface area contributed by atoms with Crippen LogP contribution < -0.4 is 11.3 Å². The quantitative estimate of drug-likeness (QED) is 0.445. The van der Waals surface area contributed by atoms with Crippen LogP contribution in [0.2, 0.25) is 0 Å². The Balaban J connectivity index is 2.90. The van der Waals surface area contributed by atoms with Gasteiger partial charge in [0.2, 0.25) is 0 Å². The van der Waals surface area contributed by atoms with E-state index < -0.39 is 0 Å². The fourth-order valence-electron chi connectivity index (χ4n) is 1.65. The molecule has 0 atom stereocenters. The van der Waals surface area contributed by atoms with Crippen molar-refractivity contribution in [1.29, 1.82) is 0 Å². The highest BCUT2D eigenvalue weighted by Gasteiger charge is 2.11. The van der Waals surface area contributed by atoms with E-state index in [1.807, 2.05) is 18.2 Å². The summed E-state index contributed by atoms with van der Waals surface area (Å²) in [6.45, 7) is 6.92. The van der Waals surface area contributed by atoms with Gasteiger partial charge in [-0.1, -0.05) is 32.0 Å². The van der Waals surface area contributed by atoms with Gasteiger partial charge in [0.25, 0.3) is 5.91 Å². The van der Waals surface area contributed by atoms with Crippen molar-refractivity contribution >= 4 is 5.91 Å². The lowest BCUT2D eigenvalue weighted by atomic mass is 10.1. The number of benzene rings is 1. The molecule has 0 fully saturated rings. The molecule has 16 heavy (non-hydrogen) atoms. The maximum atomic E-state index is 11.5. The minimum Gasteiger partial charge on any atom is -0.300 e. The van der Waals surface area contributed by atoms with E-state index in [4.69, 9.17) is 5.84 Å². The monoisotopic (exact) mass is 221 g/mol. The topological polar surface area (TPSA) is 58.4 Å². The normalized spacial score (nSPS) is 10.5. The third-order valence-corrected chi connectivity index (χ3v) is 2.68. The van der Waals surface area contributed by atoms with Gasteiger partial charge in [-0.25, -0.2) is 5.84 Å². The van der Waals surface area contributed by atoms with Crippen molar-refractivity contribution in [2.45, 2.75) is 20.4 Å². The summed E-state index contributed by atoms with van der Waals surface area (Å²) in [5.41, 5.74) is 3.83. The molecule has 0 aromatic heterocycles. The number of hydrazine groups is 1. The zero-order valence-corrected chi connectivity index (χ0v) is 9.86. The Morgan fingerprint density at radius 3 is 2.50 bits per heavy atom. The second-order valence-electron chi connectivity index (χ2n) is 3.59. The summed E-state index contributed by atoms with van der Waals surface area (Å²) in [6, 6.07) is 7.53. The molecule has 4 nitrogen and oxygen atoms in total. The average molecular weight is 221 g/mol. The smallest absolute Gasteiger partial charge is 0.265 e. The fourth-order valence-corrected chi connectivity index (χ4v) is 1.65. The number of nitrogen functional groups attached to an aromatic ring is 1. The molecule has 0 spiro atoms. The Morgan fingerprint density at radius 2 is 1.94 bits per heavy atom. The van der Waals surface area contributed by atoms with Crippen molar-refractivity contribution in [3.63, 3.8) is 0 Å². The van der Waals surface area contributed by atoms with Crippen LogP contribution in [0, 0.1) is 0 Å². The summed E-state index contributed by atoms with van der Waals surface area (Å²) in [7, 11) is 0. The van der Waals surface area contributed by atoms with E-state index in [-0.39, 0.29) is 5.91 Å². The molecule has 0 radical (unpaired) electrons. The number of amides is 1. The third kappa shape index (κ3) is 3.05. The van der Waals surface area contributed by atoms with Gasteiger partial charge in [-0.15, -0.1) is 0 Å². The number of nitrogens with one attached hydrogen (secondary N) is 1. The molecule has 0 bridgehead atoms. The Hall–Kier alpha value is -1.39. The molecular formula is C12H19N3O. The maximum Gasteiger partial charge on any atom is 0.265 e. The maximum absolute atomic E-state index is 11.5. The molecular weight excluding hydrogens is 202 g/mol. The average Bonchev–Trinajstić information content (AvgIpc) is 2.35. The van der Waals surface area contributed by atoms with Crippen molar-refractivity contribution in [2.24, 2.45) is 5.84 Å². The van der Waals surface area contributed by atoms with Gasteiger partial charge in [-0.05, 0) is 24.7 Å². The van der Waals surface area contributed by atoms with Gasteiger partial charge in [-0.3, -0.25) is 15.1 Å². The second kappa shape index (κ2) is 6.25. The van der Waals surface area contributed by atoms with Gasteiger partial charge in [0, 0.05) is 12.1 Å². The van der Waals surface area contributed by atoms with Crippen molar-refractivity contribution in [3.05, 3.63) is 35.4 Å². The number of carbonyl (C=O) groups excluding carboxylic acids is 1. The van der Waals surface area contributed by atoms with Gasteiger partial charge >= 0.3 is 0 Å². The standard InChI is InChI=1S/C12H19N3O/c1-3-15(4-2)9-10-7-5-6-8-11(10)12(16)14-13/h5-8H,3-4,9,13H2,1-2H3,(H,14,16). The highest BCUT2D eigenvalue weighted by molar-refractivity contribution is 5.95. The first-order chi connectivity index (χ1) is 7.72. The molecule has 1 amide bonds. The summed E-state index contributed by atoms with van der Waals surface area (Å²) >= 11 is 0. The van der Waals surface area contributed by atoms with Crippen LogP contribution in [0.3, 0.4) is 0 Å². The number of hydrogen-bond donors (Lipinski definition) is 2. The lowest BCUT2D eigenvalue weighted by molar-refractivity contribution is 0.0951. The van der Waals surface area contributed by atoms with Crippen LogP contribution >= 0.6 is 0 Å². The van der Waals surface area contributed by atoms with E-state index in [2.05, 4.69) is 24.2 Å². The molecule has 0 unspecified atom stereocenters. The van der Waals surface area contributed by atoms with E-state index in [9.17, 15) is 4.79 Å². The van der Waals surface area contributed by atoms with Crippen molar-refractivity contribution in [1.82, 2.24) is 10.3 Å². The molecule has 0 heterocycles. The van der Waals surface area contributed by atoms with E-state index in [0.717, 1.165) is 25.2 Å². The van der Waals surface area contributed by atoms with Gasteiger partial charge in [-0.2, -0.15) is 0 Å². The number of nitrogens with two attached hydrogens (primary N) is 1. The zero-order chi connectivity index (χ0) is 12.0. The van der Waals surface area contributed by atoms with Gasteiger partial charge in [0.05, 0.1) is 0 Å². The van der Waals surface area contributed by atoms with E-state index in [1.165, 1.54) is 0 Å². The van der Waals surface area contributed by atoms with Crippen LogP contribution in [0.5, 0.6) is 0 Å². The molecule has 0 aliphatic rings. The highest BCUT2D eigenvalue weighted by Crippen LogP contribution is 2.11. The first-order valence-corrected chi connectivity index (χ1v) is 5.54. The molecule has 0 saturated carbocycles. The summed E-state index contributed by atoms with van der Waals surface area (Å²) in [5.74, 6) is 4.92. The SMILES string of the molecule is CCN(CC)Cc1ccccc1C(=O)NN. The Morgan fingerprint density at radius 1 is 1.31 bits per heavy atom. The van der Waals surface area contributed by atoms with Crippen LogP contribution in [0.25, 0.3) is 0 Å². The predicted octanol–water partition coefficient (Wildman–Crippen LogP) is 1.13. The van der Waals surface area contributed by atoms with Crippen LogP contribution in [-0.4, -0.2) is 23.9 Å². The lowest BCUT2D eigenvalue weighted by Gasteiger charge is -2.19. The molecule has 1 aromatic carbocycles. The molecule has 88 valence electrons. The Labute approximate surface area is 96.4 Å². The summed E-state index contributed by atoms with van der Waals surface area (Å²) in [5, 5.41) is 0. The van der Waals surface area contributed by atoms with Crippen LogP contribution in [0.15, 0.2) is 24.3 Å². The fraction of sp³-hybridized carbons (Fsp3) is 0.417. The van der Waals surface area contributed by atoms with Gasteiger partial charge in [0.1, 0.15) is 0 Å². The molecule has 3 N–H and O–H groups in total. The van der Waals surface area contributed by atoms with Crippen LogP contribution in [0.4, 0.5) is 0 Å². The largest absolute Gasteiger partial charge is 0.300 e. The van der Waals surface area contributed by atoms with Crippen LogP contribution in [-0.2, 0) is 6.54 Å². The van der Waals surface area contributed by atoms with Crippen molar-refractivity contribution in [2.75, 3.05) is 13.1 Å². The third-order valence-electron chi connectivity index (χ3n) is 2.68. The Bertz CT molecular complexity index is 348. The zero-order valence-electron chi connectivity index (χ0n) is 9.86. The second-order valence-corrected chi connectivity index (χ2v) is 3.59. The lowest BCUT2D eigenvalue weighted by Crippen LogP contribution is -2.32. The number of hydrogen-bond acceptors (Lipinski definition) is 3. The van der Waals surface area contributed by atoms with E-state index in [1.54, 1.807) is 6.07 Å². The van der Waals surface area contributed by atoms with Gasteiger partial charge in [0.15, 0.2) is 0 Å². The molecule has 1 rings (SSSR count). The summed E-state index contributed by atoms with van der Waals surface area (Å²) in [4.78, 5) is 13.8. The van der Waals surface area contributed by atoms with Crippen molar-refractivity contribution in [3.8, 4) is 0 Å². The highest BCUT2D eigenvalue weighted by atomic mass is 16.2. The minimum absolute atomic E-state index is 0.234. The molecule has 1 aromatic rings. The number of rotatable bonds is 5. The summed E-state index contributed by atoms with van der Waals surface area (Å²) < 4.78 is 0. The van der Waals surface area contributed by atoms with Crippen LogP contribution in [0.1, 0.15) is 29.8 Å². The summed E-state index contributed by atoms with van der Waals surface area (Å²) in [6.07, 6.45) is 0. The number of carbonyl (C=O) groups is 1. The first-order valence-electron chi connectivity index (χ1n) is 5.54.